The highest BCUT2D eigenvalue weighted by Gasteiger charge is 2.26. The minimum Gasteiger partial charge on any atom is -0.369 e. The Morgan fingerprint density at radius 2 is 1.95 bits per heavy atom. The summed E-state index contributed by atoms with van der Waals surface area (Å²) in [6.07, 6.45) is 2.76. The van der Waals surface area contributed by atoms with Gasteiger partial charge in [0, 0.05) is 35.4 Å². The normalized spacial score (nSPS) is 15.6. The van der Waals surface area contributed by atoms with E-state index in [0.29, 0.717) is 6.04 Å². The van der Waals surface area contributed by atoms with Gasteiger partial charge in [0.05, 0.1) is 0 Å². The quantitative estimate of drug-likeness (QED) is 0.808. The van der Waals surface area contributed by atoms with E-state index in [4.69, 9.17) is 11.6 Å². The molecule has 0 saturated heterocycles. The van der Waals surface area contributed by atoms with Gasteiger partial charge in [-0.3, -0.25) is 0 Å². The molecule has 0 spiro atoms. The van der Waals surface area contributed by atoms with E-state index < -0.39 is 0 Å². The van der Waals surface area contributed by atoms with Gasteiger partial charge < -0.3 is 10.2 Å². The fraction of sp³-hybridized carbons (Fsp3) is 0.667. The molecule has 1 aromatic carbocycles. The largest absolute Gasteiger partial charge is 0.369 e. The zero-order valence-corrected chi connectivity index (χ0v) is 14.8. The molecule has 1 fully saturated rings. The molecule has 3 heteroatoms. The summed E-state index contributed by atoms with van der Waals surface area (Å²) in [6, 6.07) is 7.02. The number of rotatable bonds is 6. The molecule has 0 aromatic heterocycles. The Kier molecular flexibility index (Phi) is 5.21. The number of nitrogens with one attached hydrogen (secondary N) is 1. The summed E-state index contributed by atoms with van der Waals surface area (Å²) in [5.74, 6) is 0.883. The third-order valence-corrected chi connectivity index (χ3v) is 4.30. The van der Waals surface area contributed by atoms with Gasteiger partial charge >= 0.3 is 0 Å². The molecule has 1 aliphatic rings. The van der Waals surface area contributed by atoms with Gasteiger partial charge in [-0.2, -0.15) is 0 Å². The zero-order valence-electron chi connectivity index (χ0n) is 14.0. The van der Waals surface area contributed by atoms with Crippen molar-refractivity contribution in [1.29, 1.82) is 0 Å². The highest BCUT2D eigenvalue weighted by molar-refractivity contribution is 6.31. The van der Waals surface area contributed by atoms with Gasteiger partial charge in [-0.25, -0.2) is 0 Å². The maximum atomic E-state index is 6.49. The van der Waals surface area contributed by atoms with E-state index >= 15 is 0 Å². The number of anilines is 1. The summed E-state index contributed by atoms with van der Waals surface area (Å²) in [5, 5.41) is 4.36. The maximum absolute atomic E-state index is 6.49. The molecule has 1 N–H and O–H groups in total. The molecule has 1 aromatic rings. The van der Waals surface area contributed by atoms with Crippen molar-refractivity contribution in [3.63, 3.8) is 0 Å². The second-order valence-electron chi connectivity index (χ2n) is 7.57. The Morgan fingerprint density at radius 1 is 1.29 bits per heavy atom. The van der Waals surface area contributed by atoms with Crippen LogP contribution in [-0.2, 0) is 6.54 Å². The van der Waals surface area contributed by atoms with Crippen LogP contribution in [0.15, 0.2) is 18.2 Å². The molecule has 0 atom stereocenters. The minimum atomic E-state index is 0.109. The molecule has 2 nitrogen and oxygen atoms in total. The number of halogens is 1. The van der Waals surface area contributed by atoms with Gasteiger partial charge in [0.25, 0.3) is 0 Å². The fourth-order valence-corrected chi connectivity index (χ4v) is 2.65. The minimum absolute atomic E-state index is 0.109. The predicted octanol–water partition coefficient (Wildman–Crippen LogP) is 4.85. The topological polar surface area (TPSA) is 15.3 Å². The van der Waals surface area contributed by atoms with E-state index in [2.05, 4.69) is 63.0 Å². The van der Waals surface area contributed by atoms with Crippen molar-refractivity contribution in [2.45, 2.75) is 65.6 Å². The van der Waals surface area contributed by atoms with E-state index in [1.165, 1.54) is 24.1 Å². The van der Waals surface area contributed by atoms with Crippen LogP contribution in [0.4, 0.5) is 5.69 Å². The lowest BCUT2D eigenvalue weighted by Gasteiger charge is -2.30. The van der Waals surface area contributed by atoms with Crippen LogP contribution in [-0.4, -0.2) is 18.1 Å². The second-order valence-corrected chi connectivity index (χ2v) is 7.98. The highest BCUT2D eigenvalue weighted by Crippen LogP contribution is 2.33. The average molecular weight is 309 g/mol. The van der Waals surface area contributed by atoms with Crippen molar-refractivity contribution in [3.05, 3.63) is 28.8 Å². The van der Waals surface area contributed by atoms with E-state index in [1.54, 1.807) is 0 Å². The maximum Gasteiger partial charge on any atom is 0.0471 e. The zero-order chi connectivity index (χ0) is 15.6. The number of hydrogen-bond donors (Lipinski definition) is 1. The van der Waals surface area contributed by atoms with Crippen LogP contribution in [0.2, 0.25) is 5.02 Å². The number of benzene rings is 1. The summed E-state index contributed by atoms with van der Waals surface area (Å²) in [6.45, 7) is 13.0. The number of hydrogen-bond acceptors (Lipinski definition) is 2. The molecule has 0 unspecified atom stereocenters. The summed E-state index contributed by atoms with van der Waals surface area (Å²) in [4.78, 5) is 2.48. The van der Waals surface area contributed by atoms with Crippen molar-refractivity contribution >= 4 is 17.3 Å². The van der Waals surface area contributed by atoms with Gasteiger partial charge in [-0.05, 0) is 71.1 Å². The third kappa shape index (κ3) is 5.19. The molecule has 2 rings (SSSR count). The second kappa shape index (κ2) is 6.58. The Labute approximate surface area is 134 Å². The first-order valence-corrected chi connectivity index (χ1v) is 8.44. The average Bonchev–Trinajstić information content (AvgIpc) is 3.17. The molecule has 0 heterocycles. The van der Waals surface area contributed by atoms with Crippen molar-refractivity contribution in [2.75, 3.05) is 11.4 Å². The van der Waals surface area contributed by atoms with Crippen molar-refractivity contribution in [3.8, 4) is 0 Å². The first-order chi connectivity index (χ1) is 9.76. The summed E-state index contributed by atoms with van der Waals surface area (Å²) >= 11 is 6.49. The van der Waals surface area contributed by atoms with Gasteiger partial charge in [0.1, 0.15) is 0 Å². The Balaban J connectivity index is 2.09. The van der Waals surface area contributed by atoms with E-state index in [0.717, 1.165) is 24.0 Å². The van der Waals surface area contributed by atoms with Crippen LogP contribution in [0.3, 0.4) is 0 Å². The summed E-state index contributed by atoms with van der Waals surface area (Å²) < 4.78 is 0. The van der Waals surface area contributed by atoms with Crippen molar-refractivity contribution < 1.29 is 0 Å². The summed E-state index contributed by atoms with van der Waals surface area (Å²) in [7, 11) is 0. The molecular formula is C18H29ClN2. The van der Waals surface area contributed by atoms with E-state index in [9.17, 15) is 0 Å². The molecule has 1 saturated carbocycles. The standard InChI is InChI=1S/C18H29ClN2/c1-13(2)21(12-14-6-7-14)16-9-8-15(17(19)10-16)11-20-18(3,4)5/h8-10,13-14,20H,6-7,11-12H2,1-5H3. The molecule has 118 valence electrons. The van der Waals surface area contributed by atoms with Crippen molar-refractivity contribution in [2.24, 2.45) is 5.92 Å². The fourth-order valence-electron chi connectivity index (χ4n) is 2.41. The third-order valence-electron chi connectivity index (χ3n) is 3.95. The monoisotopic (exact) mass is 308 g/mol. The summed E-state index contributed by atoms with van der Waals surface area (Å²) in [5.41, 5.74) is 2.53. The van der Waals surface area contributed by atoms with Gasteiger partial charge in [-0.1, -0.05) is 17.7 Å². The molecule has 1 aliphatic carbocycles. The van der Waals surface area contributed by atoms with Crippen molar-refractivity contribution in [1.82, 2.24) is 5.32 Å². The van der Waals surface area contributed by atoms with Crippen LogP contribution >= 0.6 is 11.6 Å². The van der Waals surface area contributed by atoms with Gasteiger partial charge in [0.2, 0.25) is 0 Å². The molecular weight excluding hydrogens is 280 g/mol. The van der Waals surface area contributed by atoms with Crippen LogP contribution < -0.4 is 10.2 Å². The SMILES string of the molecule is CC(C)N(CC1CC1)c1ccc(CNC(C)(C)C)c(Cl)c1. The van der Waals surface area contributed by atoms with Crippen LogP contribution in [0.25, 0.3) is 0 Å². The Hall–Kier alpha value is -0.730. The predicted molar refractivity (Wildman–Crippen MR) is 93.3 cm³/mol. The highest BCUT2D eigenvalue weighted by atomic mass is 35.5. The lowest BCUT2D eigenvalue weighted by Crippen LogP contribution is -2.35. The first-order valence-electron chi connectivity index (χ1n) is 8.06. The van der Waals surface area contributed by atoms with Gasteiger partial charge in [0.15, 0.2) is 0 Å². The Bertz CT molecular complexity index is 473. The van der Waals surface area contributed by atoms with Gasteiger partial charge in [-0.15, -0.1) is 0 Å². The van der Waals surface area contributed by atoms with Crippen LogP contribution in [0, 0.1) is 5.92 Å². The molecule has 0 radical (unpaired) electrons. The number of nitrogens with zero attached hydrogens (tertiary/aromatic N) is 1. The lowest BCUT2D eigenvalue weighted by atomic mass is 10.1. The molecule has 0 aliphatic heterocycles. The van der Waals surface area contributed by atoms with Crippen LogP contribution in [0.5, 0.6) is 0 Å². The smallest absolute Gasteiger partial charge is 0.0471 e. The molecule has 21 heavy (non-hydrogen) atoms. The van der Waals surface area contributed by atoms with Crippen LogP contribution in [0.1, 0.15) is 53.0 Å². The lowest BCUT2D eigenvalue weighted by molar-refractivity contribution is 0.424. The van der Waals surface area contributed by atoms with E-state index in [-0.39, 0.29) is 5.54 Å². The molecule has 0 amide bonds. The van der Waals surface area contributed by atoms with E-state index in [1.807, 2.05) is 0 Å². The molecule has 0 bridgehead atoms. The first kappa shape index (κ1) is 16.6. The Morgan fingerprint density at radius 3 is 2.43 bits per heavy atom.